The molecule has 258 valence electrons. The number of aromatic nitrogens is 1. The van der Waals surface area contributed by atoms with Gasteiger partial charge in [0.2, 0.25) is 11.5 Å². The first-order chi connectivity index (χ1) is 22.6. The molecule has 0 saturated heterocycles. The molecule has 14 heteroatoms. The average molecular weight is 697 g/mol. The summed E-state index contributed by atoms with van der Waals surface area (Å²) in [5.74, 6) is 0.410. The van der Waals surface area contributed by atoms with Gasteiger partial charge < -0.3 is 41.0 Å². The number of rotatable bonds is 12. The number of methoxy groups -OCH3 is 1. The van der Waals surface area contributed by atoms with Crippen LogP contribution in [-0.4, -0.2) is 40.9 Å². The van der Waals surface area contributed by atoms with Gasteiger partial charge in [-0.05, 0) is 47.4 Å². The SMILES string of the molecule is COc1cc(NC(=O)CCc2ccc(-c3ccccc3)c(OC(N)=O)c2)c(Cl)cc1CNC[C@H](O)c1ccc(O)c2[nH]c(=O)ccc12.F.F. The Morgan fingerprint density at radius 3 is 2.45 bits per heavy atom. The van der Waals surface area contributed by atoms with E-state index in [4.69, 9.17) is 26.8 Å². The minimum absolute atomic E-state index is 0. The average Bonchev–Trinajstić information content (AvgIpc) is 3.05. The Balaban J connectivity index is 0.00000325. The number of hydrogen-bond donors (Lipinski definition) is 6. The molecule has 0 bridgehead atoms. The highest BCUT2D eigenvalue weighted by atomic mass is 35.5. The van der Waals surface area contributed by atoms with Crippen LogP contribution in [0, 0.1) is 0 Å². The van der Waals surface area contributed by atoms with Crippen LogP contribution < -0.4 is 31.4 Å². The van der Waals surface area contributed by atoms with Gasteiger partial charge in [0.05, 0.1) is 29.4 Å². The fourth-order valence-electron chi connectivity index (χ4n) is 5.26. The molecule has 1 aromatic heterocycles. The molecule has 1 heterocycles. The Morgan fingerprint density at radius 1 is 0.980 bits per heavy atom. The minimum atomic E-state index is -0.947. The number of benzene rings is 4. The molecular formula is C35H35ClF2N4O7. The number of ether oxygens (including phenoxy) is 2. The third-order valence-corrected chi connectivity index (χ3v) is 7.86. The third kappa shape index (κ3) is 9.32. The minimum Gasteiger partial charge on any atom is -0.506 e. The molecule has 7 N–H and O–H groups in total. The van der Waals surface area contributed by atoms with Crippen molar-refractivity contribution in [3.05, 3.63) is 117 Å². The van der Waals surface area contributed by atoms with E-state index in [-0.39, 0.29) is 51.7 Å². The van der Waals surface area contributed by atoms with E-state index >= 15 is 0 Å². The summed E-state index contributed by atoms with van der Waals surface area (Å²) in [4.78, 5) is 38.7. The lowest BCUT2D eigenvalue weighted by Crippen LogP contribution is -2.22. The standard InChI is InChI=1S/C35H33ClN4O7.2FH/c1-46-30-17-27(39-32(43)13-8-20-7-9-23(21-5-3-2-4-6-21)31(15-20)47-35(37)45)26(36)16-22(30)18-38-19-29(42)24-10-12-28(41)34-25(24)11-14-33(44)40-34;;/h2-7,9-12,14-17,29,38,41-42H,8,13,18-19H2,1H3,(H2,37,45)(H,39,43)(H,40,44);2*1H/t29-;;/m0../s1. The number of carbonyl (C=O) groups is 2. The number of primary amides is 1. The lowest BCUT2D eigenvalue weighted by molar-refractivity contribution is -0.116. The Kier molecular flexibility index (Phi) is 13.2. The molecule has 49 heavy (non-hydrogen) atoms. The molecule has 0 aliphatic carbocycles. The maximum atomic E-state index is 12.9. The maximum Gasteiger partial charge on any atom is 0.409 e. The summed E-state index contributed by atoms with van der Waals surface area (Å²) in [6, 6.07) is 24.0. The summed E-state index contributed by atoms with van der Waals surface area (Å²) in [6.45, 7) is 0.437. The number of aliphatic hydroxyl groups is 1. The maximum absolute atomic E-state index is 12.9. The van der Waals surface area contributed by atoms with Crippen molar-refractivity contribution in [1.29, 1.82) is 0 Å². The van der Waals surface area contributed by atoms with Crippen molar-refractivity contribution < 1.29 is 38.7 Å². The molecule has 11 nitrogen and oxygen atoms in total. The van der Waals surface area contributed by atoms with E-state index in [9.17, 15) is 24.6 Å². The molecular weight excluding hydrogens is 662 g/mol. The van der Waals surface area contributed by atoms with Crippen molar-refractivity contribution in [1.82, 2.24) is 10.3 Å². The number of aromatic hydroxyl groups is 1. The number of aromatic amines is 1. The van der Waals surface area contributed by atoms with E-state index in [0.717, 1.165) is 11.1 Å². The number of H-pyrrole nitrogens is 1. The van der Waals surface area contributed by atoms with Crippen molar-refractivity contribution in [2.24, 2.45) is 5.73 Å². The number of aryl methyl sites for hydroxylation is 1. The number of halogens is 3. The first kappa shape index (κ1) is 38.0. The van der Waals surface area contributed by atoms with Gasteiger partial charge in [0, 0.05) is 48.2 Å². The lowest BCUT2D eigenvalue weighted by Gasteiger charge is -2.17. The molecule has 0 radical (unpaired) electrons. The zero-order chi connectivity index (χ0) is 33.5. The number of pyridine rings is 1. The molecule has 5 aromatic rings. The summed E-state index contributed by atoms with van der Waals surface area (Å²) in [5.41, 5.74) is 9.12. The summed E-state index contributed by atoms with van der Waals surface area (Å²) in [7, 11) is 1.50. The molecule has 0 spiro atoms. The number of phenols is 1. The topological polar surface area (TPSA) is 176 Å². The number of aliphatic hydroxyl groups excluding tert-OH is 1. The van der Waals surface area contributed by atoms with Gasteiger partial charge in [-0.25, -0.2) is 4.79 Å². The van der Waals surface area contributed by atoms with E-state index < -0.39 is 12.2 Å². The van der Waals surface area contributed by atoms with Gasteiger partial charge in [-0.15, -0.1) is 0 Å². The van der Waals surface area contributed by atoms with Crippen LogP contribution in [0.2, 0.25) is 5.02 Å². The highest BCUT2D eigenvalue weighted by Gasteiger charge is 2.17. The van der Waals surface area contributed by atoms with Crippen LogP contribution in [0.3, 0.4) is 0 Å². The van der Waals surface area contributed by atoms with Crippen LogP contribution in [0.4, 0.5) is 19.9 Å². The van der Waals surface area contributed by atoms with Gasteiger partial charge in [0.25, 0.3) is 0 Å². The van der Waals surface area contributed by atoms with E-state index in [1.54, 1.807) is 30.3 Å². The fourth-order valence-corrected chi connectivity index (χ4v) is 5.50. The first-order valence-corrected chi connectivity index (χ1v) is 15.1. The van der Waals surface area contributed by atoms with Crippen molar-refractivity contribution in [3.63, 3.8) is 0 Å². The molecule has 0 aliphatic heterocycles. The van der Waals surface area contributed by atoms with Gasteiger partial charge >= 0.3 is 6.09 Å². The zero-order valence-electron chi connectivity index (χ0n) is 26.2. The second-order valence-electron chi connectivity index (χ2n) is 10.7. The lowest BCUT2D eigenvalue weighted by atomic mass is 10.0. The van der Waals surface area contributed by atoms with Crippen LogP contribution >= 0.6 is 11.6 Å². The van der Waals surface area contributed by atoms with Crippen LogP contribution in [0.25, 0.3) is 22.0 Å². The van der Waals surface area contributed by atoms with E-state index in [1.807, 2.05) is 42.5 Å². The summed E-state index contributed by atoms with van der Waals surface area (Å²) >= 11 is 6.53. The largest absolute Gasteiger partial charge is 0.506 e. The number of amides is 2. The van der Waals surface area contributed by atoms with E-state index in [1.165, 1.54) is 19.2 Å². The Labute approximate surface area is 284 Å². The number of anilines is 1. The normalized spacial score (nSPS) is 11.2. The third-order valence-electron chi connectivity index (χ3n) is 7.55. The van der Waals surface area contributed by atoms with Crippen LogP contribution in [0.15, 0.2) is 89.7 Å². The molecule has 5 rings (SSSR count). The number of nitrogens with two attached hydrogens (primary N) is 1. The van der Waals surface area contributed by atoms with Crippen LogP contribution in [0.5, 0.6) is 17.2 Å². The van der Waals surface area contributed by atoms with Gasteiger partial charge in [0.15, 0.2) is 0 Å². The quantitative estimate of drug-likeness (QED) is 0.0960. The predicted molar refractivity (Wildman–Crippen MR) is 185 cm³/mol. The number of phenolic OH excluding ortho intramolecular Hbond substituents is 1. The Morgan fingerprint density at radius 2 is 1.73 bits per heavy atom. The Bertz CT molecular complexity index is 1990. The van der Waals surface area contributed by atoms with Crippen LogP contribution in [-0.2, 0) is 17.8 Å². The first-order valence-electron chi connectivity index (χ1n) is 14.7. The molecule has 4 aromatic carbocycles. The van der Waals surface area contributed by atoms with Gasteiger partial charge in [0.1, 0.15) is 17.2 Å². The van der Waals surface area contributed by atoms with Crippen molar-refractivity contribution in [2.75, 3.05) is 19.0 Å². The second kappa shape index (κ2) is 17.1. The molecule has 0 saturated carbocycles. The van der Waals surface area contributed by atoms with Gasteiger partial charge in [-0.1, -0.05) is 60.1 Å². The number of nitrogens with one attached hydrogen (secondary N) is 3. The number of hydrogen-bond acceptors (Lipinski definition) is 8. The number of fused-ring (bicyclic) bond motifs is 1. The smallest absolute Gasteiger partial charge is 0.409 e. The van der Waals surface area contributed by atoms with Crippen molar-refractivity contribution in [3.8, 4) is 28.4 Å². The van der Waals surface area contributed by atoms with E-state index in [0.29, 0.717) is 50.7 Å². The van der Waals surface area contributed by atoms with Gasteiger partial charge in [-0.3, -0.25) is 19.0 Å². The predicted octanol–water partition coefficient (Wildman–Crippen LogP) is 5.72. The molecule has 0 fully saturated rings. The monoisotopic (exact) mass is 696 g/mol. The van der Waals surface area contributed by atoms with Gasteiger partial charge in [-0.2, -0.15) is 0 Å². The molecule has 2 amide bonds. The fraction of sp³-hybridized carbons (Fsp3) is 0.171. The molecule has 0 unspecified atom stereocenters. The Hall–Kier alpha value is -5.50. The number of carbonyl (C=O) groups excluding carboxylic acids is 2. The highest BCUT2D eigenvalue weighted by Crippen LogP contribution is 2.33. The second-order valence-corrected chi connectivity index (χ2v) is 11.1. The zero-order valence-corrected chi connectivity index (χ0v) is 27.0. The molecule has 1 atom stereocenters. The van der Waals surface area contributed by atoms with E-state index in [2.05, 4.69) is 15.6 Å². The summed E-state index contributed by atoms with van der Waals surface area (Å²) in [5, 5.41) is 27.8. The highest BCUT2D eigenvalue weighted by molar-refractivity contribution is 6.33. The summed E-state index contributed by atoms with van der Waals surface area (Å²) in [6.07, 6.45) is -1.39. The molecule has 0 aliphatic rings. The van der Waals surface area contributed by atoms with Crippen molar-refractivity contribution >= 4 is 40.2 Å². The summed E-state index contributed by atoms with van der Waals surface area (Å²) < 4.78 is 10.8. The van der Waals surface area contributed by atoms with Crippen LogP contribution in [0.1, 0.15) is 29.2 Å². The van der Waals surface area contributed by atoms with Crippen molar-refractivity contribution in [2.45, 2.75) is 25.5 Å².